The van der Waals surface area contributed by atoms with Gasteiger partial charge < -0.3 is 19.9 Å². The monoisotopic (exact) mass is 335 g/mol. The number of benzene rings is 1. The SMILES string of the molecule is COc1ccc(OC)c2c1CN(CC(=O)N1CCNC1=O)CC2O. The smallest absolute Gasteiger partial charge is 0.324 e. The minimum Gasteiger partial charge on any atom is -0.496 e. The van der Waals surface area contributed by atoms with Crippen LogP contribution in [0.1, 0.15) is 17.2 Å². The van der Waals surface area contributed by atoms with Gasteiger partial charge >= 0.3 is 6.03 Å². The molecule has 2 aliphatic rings. The molecule has 24 heavy (non-hydrogen) atoms. The minimum absolute atomic E-state index is 0.0598. The molecule has 130 valence electrons. The van der Waals surface area contributed by atoms with Crippen molar-refractivity contribution in [3.63, 3.8) is 0 Å². The number of hydrogen-bond donors (Lipinski definition) is 2. The van der Waals surface area contributed by atoms with Gasteiger partial charge in [0.1, 0.15) is 11.5 Å². The number of aliphatic hydroxyl groups is 1. The first-order valence-corrected chi connectivity index (χ1v) is 7.77. The largest absolute Gasteiger partial charge is 0.496 e. The molecule has 0 radical (unpaired) electrons. The predicted octanol–water partition coefficient (Wildman–Crippen LogP) is 0.105. The summed E-state index contributed by atoms with van der Waals surface area (Å²) in [6.07, 6.45) is -0.793. The molecule has 0 aromatic heterocycles. The highest BCUT2D eigenvalue weighted by Gasteiger charge is 2.33. The molecule has 0 aliphatic carbocycles. The zero-order chi connectivity index (χ0) is 17.3. The fraction of sp³-hybridized carbons (Fsp3) is 0.500. The quantitative estimate of drug-likeness (QED) is 0.811. The van der Waals surface area contributed by atoms with Gasteiger partial charge in [0, 0.05) is 37.3 Å². The fourth-order valence-corrected chi connectivity index (χ4v) is 3.25. The van der Waals surface area contributed by atoms with Crippen LogP contribution in [0, 0.1) is 0 Å². The van der Waals surface area contributed by atoms with Crippen molar-refractivity contribution in [3.05, 3.63) is 23.3 Å². The first-order valence-electron chi connectivity index (χ1n) is 7.77. The summed E-state index contributed by atoms with van der Waals surface area (Å²) in [4.78, 5) is 26.9. The number of imide groups is 1. The number of nitrogens with zero attached hydrogens (tertiary/aromatic N) is 2. The molecule has 1 aromatic rings. The van der Waals surface area contributed by atoms with Gasteiger partial charge in [-0.3, -0.25) is 14.6 Å². The molecule has 1 unspecified atom stereocenters. The molecular formula is C16H21N3O5. The van der Waals surface area contributed by atoms with Crippen LogP contribution < -0.4 is 14.8 Å². The van der Waals surface area contributed by atoms with Gasteiger partial charge in [0.05, 0.1) is 26.9 Å². The minimum atomic E-state index is -0.793. The Morgan fingerprint density at radius 2 is 2.04 bits per heavy atom. The van der Waals surface area contributed by atoms with Crippen molar-refractivity contribution in [1.82, 2.24) is 15.1 Å². The molecule has 1 atom stereocenters. The van der Waals surface area contributed by atoms with Crippen LogP contribution in [-0.4, -0.2) is 67.2 Å². The summed E-state index contributed by atoms with van der Waals surface area (Å²) in [7, 11) is 3.11. The number of amides is 3. The summed E-state index contributed by atoms with van der Waals surface area (Å²) in [5, 5.41) is 13.1. The van der Waals surface area contributed by atoms with Crippen molar-refractivity contribution >= 4 is 11.9 Å². The summed E-state index contributed by atoms with van der Waals surface area (Å²) in [6.45, 7) is 1.64. The van der Waals surface area contributed by atoms with Gasteiger partial charge in [-0.05, 0) is 12.1 Å². The van der Waals surface area contributed by atoms with E-state index in [-0.39, 0.29) is 25.0 Å². The number of nitrogens with one attached hydrogen (secondary N) is 1. The Labute approximate surface area is 139 Å². The summed E-state index contributed by atoms with van der Waals surface area (Å²) in [5.41, 5.74) is 1.49. The molecule has 0 saturated carbocycles. The number of rotatable bonds is 4. The zero-order valence-electron chi connectivity index (χ0n) is 13.7. The van der Waals surface area contributed by atoms with E-state index in [2.05, 4.69) is 5.32 Å². The van der Waals surface area contributed by atoms with Crippen LogP contribution in [0.2, 0.25) is 0 Å². The van der Waals surface area contributed by atoms with Gasteiger partial charge in [0.15, 0.2) is 0 Å². The standard InChI is InChI=1S/C16H21N3O5/c1-23-12-3-4-13(24-2)15-10(12)7-18(8-11(15)20)9-14(21)19-6-5-17-16(19)22/h3-4,11,20H,5-9H2,1-2H3,(H,17,22). The lowest BCUT2D eigenvalue weighted by atomic mass is 9.95. The predicted molar refractivity (Wildman–Crippen MR) is 84.9 cm³/mol. The van der Waals surface area contributed by atoms with Crippen molar-refractivity contribution in [2.45, 2.75) is 12.6 Å². The molecule has 3 rings (SSSR count). The fourth-order valence-electron chi connectivity index (χ4n) is 3.25. The van der Waals surface area contributed by atoms with E-state index in [0.29, 0.717) is 36.7 Å². The van der Waals surface area contributed by atoms with Crippen LogP contribution in [0.15, 0.2) is 12.1 Å². The van der Waals surface area contributed by atoms with Gasteiger partial charge in [0.2, 0.25) is 5.91 Å². The molecule has 2 heterocycles. The highest BCUT2D eigenvalue weighted by Crippen LogP contribution is 2.39. The van der Waals surface area contributed by atoms with Gasteiger partial charge in [-0.25, -0.2) is 4.79 Å². The molecule has 1 fully saturated rings. The van der Waals surface area contributed by atoms with E-state index in [4.69, 9.17) is 9.47 Å². The van der Waals surface area contributed by atoms with E-state index in [0.717, 1.165) is 5.56 Å². The van der Waals surface area contributed by atoms with Crippen LogP contribution in [0.25, 0.3) is 0 Å². The van der Waals surface area contributed by atoms with Gasteiger partial charge in [-0.15, -0.1) is 0 Å². The second-order valence-corrected chi connectivity index (χ2v) is 5.83. The first-order chi connectivity index (χ1) is 11.5. The molecule has 2 aliphatic heterocycles. The van der Waals surface area contributed by atoms with E-state index in [1.807, 2.05) is 4.90 Å². The van der Waals surface area contributed by atoms with Crippen molar-refractivity contribution in [3.8, 4) is 11.5 Å². The molecule has 3 amide bonds. The first kappa shape index (κ1) is 16.5. The maximum atomic E-state index is 12.3. The maximum Gasteiger partial charge on any atom is 0.324 e. The molecule has 0 bridgehead atoms. The number of β-amino-alcohol motifs (C(OH)–C–C–N with tert-alkyl or cyclic N) is 1. The van der Waals surface area contributed by atoms with Crippen molar-refractivity contribution in [2.24, 2.45) is 0 Å². The Balaban J connectivity index is 1.81. The van der Waals surface area contributed by atoms with Crippen LogP contribution in [-0.2, 0) is 11.3 Å². The number of hydrogen-bond acceptors (Lipinski definition) is 6. The highest BCUT2D eigenvalue weighted by atomic mass is 16.5. The average Bonchev–Trinajstić information content (AvgIpc) is 3.00. The van der Waals surface area contributed by atoms with Gasteiger partial charge in [0.25, 0.3) is 0 Å². The summed E-state index contributed by atoms with van der Waals surface area (Å²) >= 11 is 0. The molecule has 1 saturated heterocycles. The van der Waals surface area contributed by atoms with Gasteiger partial charge in [-0.2, -0.15) is 0 Å². The lowest BCUT2D eigenvalue weighted by Crippen LogP contribution is -2.44. The van der Waals surface area contributed by atoms with E-state index in [1.54, 1.807) is 26.4 Å². The molecule has 2 N–H and O–H groups in total. The highest BCUT2D eigenvalue weighted by molar-refractivity contribution is 5.96. The Bertz CT molecular complexity index is 663. The van der Waals surface area contributed by atoms with Crippen LogP contribution in [0.4, 0.5) is 4.79 Å². The molecule has 0 spiro atoms. The topological polar surface area (TPSA) is 91.3 Å². The second kappa shape index (κ2) is 6.66. The third kappa shape index (κ3) is 2.90. The van der Waals surface area contributed by atoms with Crippen LogP contribution in [0.3, 0.4) is 0 Å². The normalized spacial score (nSPS) is 20.5. The van der Waals surface area contributed by atoms with E-state index < -0.39 is 6.10 Å². The van der Waals surface area contributed by atoms with E-state index in [1.165, 1.54) is 4.90 Å². The Hall–Kier alpha value is -2.32. The number of carbonyl (C=O) groups is 2. The maximum absolute atomic E-state index is 12.3. The molecule has 8 heteroatoms. The second-order valence-electron chi connectivity index (χ2n) is 5.83. The third-order valence-corrected chi connectivity index (χ3v) is 4.38. The molecule has 1 aromatic carbocycles. The van der Waals surface area contributed by atoms with Crippen molar-refractivity contribution in [1.29, 1.82) is 0 Å². The molecule has 8 nitrogen and oxygen atoms in total. The number of aliphatic hydroxyl groups excluding tert-OH is 1. The van der Waals surface area contributed by atoms with Crippen molar-refractivity contribution in [2.75, 3.05) is 40.4 Å². The summed E-state index contributed by atoms with van der Waals surface area (Å²) < 4.78 is 10.7. The third-order valence-electron chi connectivity index (χ3n) is 4.38. The lowest BCUT2D eigenvalue weighted by molar-refractivity contribution is -0.129. The number of fused-ring (bicyclic) bond motifs is 1. The Morgan fingerprint density at radius 1 is 1.33 bits per heavy atom. The van der Waals surface area contributed by atoms with Gasteiger partial charge in [-0.1, -0.05) is 0 Å². The summed E-state index contributed by atoms with van der Waals surface area (Å²) in [5.74, 6) is 0.964. The Kier molecular flexibility index (Phi) is 4.59. The van der Waals surface area contributed by atoms with E-state index in [9.17, 15) is 14.7 Å². The average molecular weight is 335 g/mol. The lowest BCUT2D eigenvalue weighted by Gasteiger charge is -2.34. The number of methoxy groups -OCH3 is 2. The number of carbonyl (C=O) groups excluding carboxylic acids is 2. The number of ether oxygens (including phenoxy) is 2. The molecular weight excluding hydrogens is 314 g/mol. The van der Waals surface area contributed by atoms with Crippen molar-refractivity contribution < 1.29 is 24.2 Å². The summed E-state index contributed by atoms with van der Waals surface area (Å²) in [6, 6.07) is 3.18. The van der Waals surface area contributed by atoms with Crippen LogP contribution in [0.5, 0.6) is 11.5 Å². The number of urea groups is 1. The van der Waals surface area contributed by atoms with Crippen LogP contribution >= 0.6 is 0 Å². The van der Waals surface area contributed by atoms with E-state index >= 15 is 0 Å². The Morgan fingerprint density at radius 3 is 2.67 bits per heavy atom. The zero-order valence-corrected chi connectivity index (χ0v) is 13.7.